The monoisotopic (exact) mass is 751 g/mol. The second-order valence-electron chi connectivity index (χ2n) is 13.8. The van der Waals surface area contributed by atoms with Gasteiger partial charge in [-0.25, -0.2) is 4.79 Å². The van der Waals surface area contributed by atoms with Crippen molar-refractivity contribution in [1.29, 1.82) is 0 Å². The van der Waals surface area contributed by atoms with Crippen molar-refractivity contribution in [2.75, 3.05) is 41.0 Å². The van der Waals surface area contributed by atoms with Crippen molar-refractivity contribution < 1.29 is 38.2 Å². The van der Waals surface area contributed by atoms with Crippen LogP contribution in [0, 0.1) is 0 Å². The Labute approximate surface area is 328 Å². The van der Waals surface area contributed by atoms with Crippen molar-refractivity contribution in [1.82, 2.24) is 0 Å². The van der Waals surface area contributed by atoms with Gasteiger partial charge in [0, 0.05) is 19.3 Å². The van der Waals surface area contributed by atoms with Crippen LogP contribution in [0.2, 0.25) is 0 Å². The summed E-state index contributed by atoms with van der Waals surface area (Å²) in [7, 11) is 5.46. The number of carbonyl (C=O) groups excluding carboxylic acids is 2. The molecular weight excluding hydrogens is 679 g/mol. The van der Waals surface area contributed by atoms with Gasteiger partial charge in [0.25, 0.3) is 0 Å². The van der Waals surface area contributed by atoms with Gasteiger partial charge in [0.2, 0.25) is 0 Å². The summed E-state index contributed by atoms with van der Waals surface area (Å²) >= 11 is 0. The lowest BCUT2D eigenvalue weighted by atomic mass is 10.1. The van der Waals surface area contributed by atoms with E-state index in [-0.39, 0.29) is 49.1 Å². The molecule has 0 fully saturated rings. The van der Waals surface area contributed by atoms with E-state index in [1.54, 1.807) is 0 Å². The molecule has 8 nitrogen and oxygen atoms in total. The Morgan fingerprint density at radius 1 is 0.556 bits per heavy atom. The second-order valence-corrected chi connectivity index (χ2v) is 13.8. The molecule has 0 saturated heterocycles. The van der Waals surface area contributed by atoms with Crippen molar-refractivity contribution in [2.24, 2.45) is 0 Å². The SMILES string of the molecule is CC/C=C\C/C=C\C/C=C\C/C=C\C/C=C\CCCC(=O)OC(COCCC(C(=O)O)[N+](C)(C)C)COC(=O)CC/C=C\C/C=C\C/C=C\C/C=C\CC. The summed E-state index contributed by atoms with van der Waals surface area (Å²) in [5.41, 5.74) is 0. The zero-order valence-corrected chi connectivity index (χ0v) is 34.1. The Morgan fingerprint density at radius 2 is 0.981 bits per heavy atom. The summed E-state index contributed by atoms with van der Waals surface area (Å²) < 4.78 is 17.1. The molecule has 0 radical (unpaired) electrons. The molecule has 0 aliphatic carbocycles. The molecule has 0 aliphatic rings. The van der Waals surface area contributed by atoms with Crippen LogP contribution >= 0.6 is 0 Å². The van der Waals surface area contributed by atoms with Crippen molar-refractivity contribution in [2.45, 2.75) is 122 Å². The van der Waals surface area contributed by atoms with E-state index >= 15 is 0 Å². The van der Waals surface area contributed by atoms with Gasteiger partial charge in [-0.2, -0.15) is 0 Å². The Morgan fingerprint density at radius 3 is 1.41 bits per heavy atom. The van der Waals surface area contributed by atoms with Gasteiger partial charge in [0.1, 0.15) is 6.61 Å². The molecule has 0 saturated carbocycles. The van der Waals surface area contributed by atoms with Gasteiger partial charge in [-0.05, 0) is 77.0 Å². The molecule has 0 aromatic rings. The molecule has 0 aliphatic heterocycles. The standard InChI is InChI=1S/C46H71NO7/c1-6-8-10-12-14-16-18-20-21-22-23-25-27-29-31-33-35-37-45(49)54-42(40-52-39-38-43(46(50)51)47(3,4)5)41-53-44(48)36-34-32-30-28-26-24-19-17-15-13-11-9-7-2/h8-11,14-17,20-21,23-26,29-32,42-43H,6-7,12-13,18-19,22,27-28,33-41H2,1-5H3/p+1/b10-8-,11-9-,16-14-,17-15-,21-20-,25-23-,26-24-,31-29-,32-30-. The van der Waals surface area contributed by atoms with E-state index in [1.807, 2.05) is 33.3 Å². The van der Waals surface area contributed by atoms with E-state index in [9.17, 15) is 19.5 Å². The summed E-state index contributed by atoms with van der Waals surface area (Å²) in [6.45, 7) is 4.32. The number of allylic oxidation sites excluding steroid dienone is 18. The molecule has 0 aromatic heterocycles. The van der Waals surface area contributed by atoms with Crippen LogP contribution in [0.5, 0.6) is 0 Å². The number of unbranched alkanes of at least 4 members (excludes halogenated alkanes) is 1. The normalized spacial score (nSPS) is 14.2. The van der Waals surface area contributed by atoms with E-state index < -0.39 is 18.1 Å². The molecular formula is C46H72NO7+. The Kier molecular flexibility index (Phi) is 33.3. The number of carboxylic acid groups (broad SMARTS) is 1. The Bertz CT molecular complexity index is 1240. The largest absolute Gasteiger partial charge is 0.477 e. The maximum absolute atomic E-state index is 12.7. The number of esters is 2. The predicted molar refractivity (Wildman–Crippen MR) is 224 cm³/mol. The quantitative estimate of drug-likeness (QED) is 0.0309. The fourth-order valence-corrected chi connectivity index (χ4v) is 4.90. The molecule has 0 bridgehead atoms. The highest BCUT2D eigenvalue weighted by molar-refractivity contribution is 5.72. The average Bonchev–Trinajstić information content (AvgIpc) is 3.12. The summed E-state index contributed by atoms with van der Waals surface area (Å²) in [5.74, 6) is -1.67. The first-order chi connectivity index (χ1) is 26.1. The number of rotatable bonds is 33. The van der Waals surface area contributed by atoms with E-state index in [2.05, 4.69) is 111 Å². The molecule has 2 atom stereocenters. The third-order valence-electron chi connectivity index (χ3n) is 7.93. The maximum atomic E-state index is 12.7. The molecule has 2 unspecified atom stereocenters. The highest BCUT2D eigenvalue weighted by Crippen LogP contribution is 2.10. The van der Waals surface area contributed by atoms with Gasteiger partial charge in [-0.1, -0.05) is 123 Å². The lowest BCUT2D eigenvalue weighted by molar-refractivity contribution is -0.887. The van der Waals surface area contributed by atoms with Gasteiger partial charge in [0.05, 0.1) is 34.4 Å². The Balaban J connectivity index is 4.63. The molecule has 1 N–H and O–H groups in total. The molecule has 0 heterocycles. The lowest BCUT2D eigenvalue weighted by Crippen LogP contribution is -2.50. The zero-order valence-electron chi connectivity index (χ0n) is 34.1. The minimum Gasteiger partial charge on any atom is -0.477 e. The van der Waals surface area contributed by atoms with Crippen LogP contribution in [-0.4, -0.2) is 80.6 Å². The molecule has 8 heteroatoms. The topological polar surface area (TPSA) is 99.1 Å². The van der Waals surface area contributed by atoms with Crippen LogP contribution < -0.4 is 0 Å². The molecule has 0 rings (SSSR count). The fourth-order valence-electron chi connectivity index (χ4n) is 4.90. The van der Waals surface area contributed by atoms with Crippen LogP contribution in [0.3, 0.4) is 0 Å². The van der Waals surface area contributed by atoms with Gasteiger partial charge < -0.3 is 23.8 Å². The minimum absolute atomic E-state index is 0.00807. The highest BCUT2D eigenvalue weighted by atomic mass is 16.6. The Hall–Kier alpha value is -4.01. The van der Waals surface area contributed by atoms with Gasteiger partial charge in [0.15, 0.2) is 12.1 Å². The third kappa shape index (κ3) is 33.8. The number of nitrogens with zero attached hydrogens (tertiary/aromatic N) is 1. The summed E-state index contributed by atoms with van der Waals surface area (Å²) in [5, 5.41) is 9.59. The van der Waals surface area contributed by atoms with E-state index in [4.69, 9.17) is 14.2 Å². The number of carbonyl (C=O) groups is 3. The van der Waals surface area contributed by atoms with Crippen LogP contribution in [0.1, 0.15) is 110 Å². The molecule has 54 heavy (non-hydrogen) atoms. The first kappa shape index (κ1) is 50.0. The van der Waals surface area contributed by atoms with Crippen LogP contribution in [0.25, 0.3) is 0 Å². The van der Waals surface area contributed by atoms with E-state index in [0.29, 0.717) is 19.3 Å². The minimum atomic E-state index is -0.899. The first-order valence-corrected chi connectivity index (χ1v) is 19.9. The van der Waals surface area contributed by atoms with E-state index in [0.717, 1.165) is 64.2 Å². The van der Waals surface area contributed by atoms with Crippen molar-refractivity contribution in [3.63, 3.8) is 0 Å². The number of carboxylic acids is 1. The van der Waals surface area contributed by atoms with Crippen molar-refractivity contribution in [3.05, 3.63) is 109 Å². The van der Waals surface area contributed by atoms with Crippen LogP contribution in [0.15, 0.2) is 109 Å². The van der Waals surface area contributed by atoms with Crippen molar-refractivity contribution in [3.8, 4) is 0 Å². The number of hydrogen-bond donors (Lipinski definition) is 1. The number of likely N-dealkylation sites (N-methyl/N-ethyl adjacent to an activating group) is 1. The first-order valence-electron chi connectivity index (χ1n) is 19.9. The predicted octanol–water partition coefficient (Wildman–Crippen LogP) is 10.5. The molecule has 302 valence electrons. The molecule has 0 spiro atoms. The lowest BCUT2D eigenvalue weighted by Gasteiger charge is -2.31. The van der Waals surface area contributed by atoms with Gasteiger partial charge in [-0.3, -0.25) is 9.59 Å². The number of aliphatic carboxylic acids is 1. The molecule has 0 aromatic carbocycles. The summed E-state index contributed by atoms with van der Waals surface area (Å²) in [6, 6.07) is -0.641. The fraction of sp³-hybridized carbons (Fsp3) is 0.543. The molecule has 0 amide bonds. The number of quaternary nitrogens is 1. The summed E-state index contributed by atoms with van der Waals surface area (Å²) in [6.07, 6.45) is 48.7. The van der Waals surface area contributed by atoms with E-state index in [1.165, 1.54) is 0 Å². The second kappa shape index (κ2) is 36.0. The number of hydrogen-bond acceptors (Lipinski definition) is 6. The van der Waals surface area contributed by atoms with Crippen molar-refractivity contribution >= 4 is 17.9 Å². The number of ether oxygens (including phenoxy) is 3. The van der Waals surface area contributed by atoms with Crippen LogP contribution in [0.4, 0.5) is 0 Å². The highest BCUT2D eigenvalue weighted by Gasteiger charge is 2.31. The third-order valence-corrected chi connectivity index (χ3v) is 7.93. The average molecular weight is 751 g/mol. The smallest absolute Gasteiger partial charge is 0.362 e. The summed E-state index contributed by atoms with van der Waals surface area (Å²) in [4.78, 5) is 36.8. The van der Waals surface area contributed by atoms with Gasteiger partial charge in [-0.15, -0.1) is 0 Å². The van der Waals surface area contributed by atoms with Crippen LogP contribution in [-0.2, 0) is 28.6 Å². The van der Waals surface area contributed by atoms with Gasteiger partial charge >= 0.3 is 17.9 Å². The maximum Gasteiger partial charge on any atom is 0.362 e. The zero-order chi connectivity index (χ0) is 40.0.